The molecule has 0 amide bonds. The van der Waals surface area contributed by atoms with Crippen molar-refractivity contribution in [1.29, 1.82) is 0 Å². The molecule has 52 valence electrons. The minimum absolute atomic E-state index is 0.104. The molecule has 0 bridgehead atoms. The van der Waals surface area contributed by atoms with Crippen LogP contribution in [0, 0.1) is 0 Å². The summed E-state index contributed by atoms with van der Waals surface area (Å²) in [4.78, 5) is 0. The van der Waals surface area contributed by atoms with Crippen LogP contribution in [0.3, 0.4) is 0 Å². The highest BCUT2D eigenvalue weighted by Gasteiger charge is 2.11. The minimum atomic E-state index is -0.666. The Morgan fingerprint density at radius 2 is 2.56 bits per heavy atom. The average molecular weight is 130 g/mol. The van der Waals surface area contributed by atoms with Crippen molar-refractivity contribution in [2.75, 3.05) is 6.61 Å². The van der Waals surface area contributed by atoms with E-state index in [1.54, 1.807) is 6.08 Å². The molecule has 1 nitrogen and oxygen atoms in total. The topological polar surface area (TPSA) is 20.2 Å². The molecule has 0 spiro atoms. The summed E-state index contributed by atoms with van der Waals surface area (Å²) in [6, 6.07) is 0. The lowest BCUT2D eigenvalue weighted by Gasteiger charge is -2.13. The third-order valence-corrected chi connectivity index (χ3v) is 1.64. The van der Waals surface area contributed by atoms with E-state index in [0.29, 0.717) is 12.8 Å². The molecule has 0 saturated carbocycles. The van der Waals surface area contributed by atoms with E-state index < -0.39 is 6.17 Å². The lowest BCUT2D eigenvalue weighted by molar-refractivity contribution is 0.283. The number of rotatable bonds is 1. The van der Waals surface area contributed by atoms with Gasteiger partial charge in [-0.1, -0.05) is 6.08 Å². The Kier molecular flexibility index (Phi) is 2.22. The van der Waals surface area contributed by atoms with Gasteiger partial charge in [-0.05, 0) is 24.8 Å². The van der Waals surface area contributed by atoms with Crippen LogP contribution in [0.4, 0.5) is 4.39 Å². The highest BCUT2D eigenvalue weighted by atomic mass is 19.1. The van der Waals surface area contributed by atoms with Gasteiger partial charge in [-0.2, -0.15) is 0 Å². The first-order valence-corrected chi connectivity index (χ1v) is 3.25. The number of halogens is 1. The Morgan fingerprint density at radius 3 is 3.00 bits per heavy atom. The van der Waals surface area contributed by atoms with E-state index in [9.17, 15) is 4.39 Å². The van der Waals surface area contributed by atoms with Crippen molar-refractivity contribution in [2.45, 2.75) is 25.4 Å². The van der Waals surface area contributed by atoms with Gasteiger partial charge in [-0.25, -0.2) is 4.39 Å². The molecular weight excluding hydrogens is 119 g/mol. The van der Waals surface area contributed by atoms with E-state index in [2.05, 4.69) is 0 Å². The summed E-state index contributed by atoms with van der Waals surface area (Å²) in [6.07, 6.45) is 2.95. The standard InChI is InChI=1S/C7H11FO/c8-7-3-1-6(5-9)2-4-7/h1,7,9H,2-5H2/t7-/m0/s1. The lowest BCUT2D eigenvalue weighted by Crippen LogP contribution is -2.06. The largest absolute Gasteiger partial charge is 0.392 e. The Bertz CT molecular complexity index is 120. The maximum Gasteiger partial charge on any atom is 0.104 e. The third-order valence-electron chi connectivity index (χ3n) is 1.64. The van der Waals surface area contributed by atoms with Crippen LogP contribution in [-0.2, 0) is 0 Å². The van der Waals surface area contributed by atoms with Gasteiger partial charge >= 0.3 is 0 Å². The maximum atomic E-state index is 12.4. The van der Waals surface area contributed by atoms with E-state index in [1.807, 2.05) is 0 Å². The van der Waals surface area contributed by atoms with Gasteiger partial charge in [-0.15, -0.1) is 0 Å². The monoisotopic (exact) mass is 130 g/mol. The number of allylic oxidation sites excluding steroid dienone is 1. The Balaban J connectivity index is 2.40. The molecule has 2 heteroatoms. The summed E-state index contributed by atoms with van der Waals surface area (Å²) in [7, 11) is 0. The van der Waals surface area contributed by atoms with Gasteiger partial charge in [0.1, 0.15) is 6.17 Å². The van der Waals surface area contributed by atoms with Crippen molar-refractivity contribution in [2.24, 2.45) is 0 Å². The molecule has 0 aliphatic heterocycles. The minimum Gasteiger partial charge on any atom is -0.392 e. The van der Waals surface area contributed by atoms with Crippen LogP contribution >= 0.6 is 0 Å². The van der Waals surface area contributed by atoms with Crippen LogP contribution < -0.4 is 0 Å². The van der Waals surface area contributed by atoms with Crippen molar-refractivity contribution >= 4 is 0 Å². The lowest BCUT2D eigenvalue weighted by atomic mass is 9.99. The first-order chi connectivity index (χ1) is 4.33. The third kappa shape index (κ3) is 1.79. The van der Waals surface area contributed by atoms with Crippen LogP contribution in [0.5, 0.6) is 0 Å². The smallest absolute Gasteiger partial charge is 0.104 e. The molecular formula is C7H11FO. The molecule has 1 aliphatic rings. The number of hydrogen-bond acceptors (Lipinski definition) is 1. The molecule has 1 aliphatic carbocycles. The molecule has 0 radical (unpaired) electrons. The SMILES string of the molecule is OCC1=CC[C@H](F)CC1. The molecule has 9 heavy (non-hydrogen) atoms. The number of aliphatic hydroxyl groups is 1. The Hall–Kier alpha value is -0.370. The van der Waals surface area contributed by atoms with Crippen LogP contribution in [-0.4, -0.2) is 17.9 Å². The van der Waals surface area contributed by atoms with Crippen molar-refractivity contribution < 1.29 is 9.50 Å². The van der Waals surface area contributed by atoms with E-state index in [-0.39, 0.29) is 6.61 Å². The summed E-state index contributed by atoms with van der Waals surface area (Å²) in [5.41, 5.74) is 0.990. The van der Waals surface area contributed by atoms with Crippen LogP contribution in [0.25, 0.3) is 0 Å². The van der Waals surface area contributed by atoms with Crippen molar-refractivity contribution in [3.05, 3.63) is 11.6 Å². The van der Waals surface area contributed by atoms with Gasteiger partial charge < -0.3 is 5.11 Å². The van der Waals surface area contributed by atoms with Gasteiger partial charge in [0.15, 0.2) is 0 Å². The molecule has 1 rings (SSSR count). The summed E-state index contributed by atoms with van der Waals surface area (Å²) in [6.45, 7) is 0.104. The molecule has 0 aromatic heterocycles. The molecule has 0 aromatic carbocycles. The second-order valence-corrected chi connectivity index (χ2v) is 2.39. The van der Waals surface area contributed by atoms with Crippen LogP contribution in [0.2, 0.25) is 0 Å². The Morgan fingerprint density at radius 1 is 1.78 bits per heavy atom. The molecule has 0 aromatic rings. The zero-order chi connectivity index (χ0) is 6.69. The number of hydrogen-bond donors (Lipinski definition) is 1. The van der Waals surface area contributed by atoms with Gasteiger partial charge in [0.2, 0.25) is 0 Å². The summed E-state index contributed by atoms with van der Waals surface area (Å²) < 4.78 is 12.4. The second-order valence-electron chi connectivity index (χ2n) is 2.39. The second kappa shape index (κ2) is 2.97. The van der Waals surface area contributed by atoms with E-state index >= 15 is 0 Å². The summed E-state index contributed by atoms with van der Waals surface area (Å²) >= 11 is 0. The highest BCUT2D eigenvalue weighted by molar-refractivity contribution is 5.06. The molecule has 0 heterocycles. The normalized spacial score (nSPS) is 27.8. The van der Waals surface area contributed by atoms with E-state index in [4.69, 9.17) is 5.11 Å². The number of aliphatic hydroxyl groups excluding tert-OH is 1. The fraction of sp³-hybridized carbons (Fsp3) is 0.714. The Labute approximate surface area is 54.2 Å². The van der Waals surface area contributed by atoms with Gasteiger partial charge in [0.25, 0.3) is 0 Å². The number of alkyl halides is 1. The van der Waals surface area contributed by atoms with E-state index in [0.717, 1.165) is 12.0 Å². The van der Waals surface area contributed by atoms with Crippen molar-refractivity contribution in [3.8, 4) is 0 Å². The summed E-state index contributed by atoms with van der Waals surface area (Å²) in [5, 5.41) is 8.59. The first kappa shape index (κ1) is 6.75. The van der Waals surface area contributed by atoms with Gasteiger partial charge in [0.05, 0.1) is 6.61 Å². The fourth-order valence-corrected chi connectivity index (χ4v) is 1.00. The molecule has 0 unspecified atom stereocenters. The summed E-state index contributed by atoms with van der Waals surface area (Å²) in [5.74, 6) is 0. The fourth-order valence-electron chi connectivity index (χ4n) is 1.00. The van der Waals surface area contributed by atoms with Crippen LogP contribution in [0.15, 0.2) is 11.6 Å². The van der Waals surface area contributed by atoms with Gasteiger partial charge in [-0.3, -0.25) is 0 Å². The molecule has 0 saturated heterocycles. The molecule has 0 fully saturated rings. The van der Waals surface area contributed by atoms with E-state index in [1.165, 1.54) is 0 Å². The predicted molar refractivity (Wildman–Crippen MR) is 33.9 cm³/mol. The van der Waals surface area contributed by atoms with Crippen molar-refractivity contribution in [1.82, 2.24) is 0 Å². The zero-order valence-electron chi connectivity index (χ0n) is 5.31. The molecule has 1 N–H and O–H groups in total. The highest BCUT2D eigenvalue weighted by Crippen LogP contribution is 2.19. The van der Waals surface area contributed by atoms with Crippen molar-refractivity contribution in [3.63, 3.8) is 0 Å². The maximum absolute atomic E-state index is 12.4. The molecule has 1 atom stereocenters. The predicted octanol–water partition coefficient (Wildman–Crippen LogP) is 1.43. The zero-order valence-corrected chi connectivity index (χ0v) is 5.31. The van der Waals surface area contributed by atoms with Gasteiger partial charge in [0, 0.05) is 0 Å². The quantitative estimate of drug-likeness (QED) is 0.532. The first-order valence-electron chi connectivity index (χ1n) is 3.25. The average Bonchev–Trinajstić information content (AvgIpc) is 1.90. The van der Waals surface area contributed by atoms with Crippen LogP contribution in [0.1, 0.15) is 19.3 Å².